The van der Waals surface area contributed by atoms with Gasteiger partial charge in [0.25, 0.3) is 0 Å². The molecular weight excluding hydrogens is 340 g/mol. The molecule has 5 nitrogen and oxygen atoms in total. The monoisotopic (exact) mass is 364 g/mol. The van der Waals surface area contributed by atoms with Crippen molar-refractivity contribution in [2.24, 2.45) is 0 Å². The highest BCUT2D eigenvalue weighted by atomic mass is 16.5. The summed E-state index contributed by atoms with van der Waals surface area (Å²) < 4.78 is 5.37. The van der Waals surface area contributed by atoms with Crippen LogP contribution in [-0.4, -0.2) is 44.0 Å². The number of ether oxygens (including phenoxy) is 1. The quantitative estimate of drug-likeness (QED) is 0.841. The van der Waals surface area contributed by atoms with Crippen molar-refractivity contribution < 1.29 is 14.3 Å². The first-order chi connectivity index (χ1) is 12.9. The lowest BCUT2D eigenvalue weighted by atomic mass is 9.81. The fraction of sp³-hybridized carbons (Fsp3) is 0.364. The zero-order valence-electron chi connectivity index (χ0n) is 16.0. The van der Waals surface area contributed by atoms with Crippen LogP contribution >= 0.6 is 0 Å². The molecule has 1 saturated heterocycles. The van der Waals surface area contributed by atoms with Gasteiger partial charge in [-0.1, -0.05) is 29.8 Å². The molecule has 0 N–H and O–H groups in total. The summed E-state index contributed by atoms with van der Waals surface area (Å²) in [4.78, 5) is 29.5. The highest BCUT2D eigenvalue weighted by Gasteiger charge is 2.54. The number of rotatable bonds is 3. The van der Waals surface area contributed by atoms with E-state index in [1.54, 1.807) is 19.1 Å². The molecule has 27 heavy (non-hydrogen) atoms. The van der Waals surface area contributed by atoms with Gasteiger partial charge >= 0.3 is 0 Å². The lowest BCUT2D eigenvalue weighted by molar-refractivity contribution is -0.130. The number of nitrogens with zero attached hydrogens (tertiary/aromatic N) is 2. The van der Waals surface area contributed by atoms with Crippen molar-refractivity contribution in [3.8, 4) is 5.75 Å². The molecule has 2 aliphatic rings. The molecule has 0 aliphatic carbocycles. The molecule has 2 amide bonds. The molecule has 5 heteroatoms. The number of amides is 2. The van der Waals surface area contributed by atoms with Crippen LogP contribution < -0.4 is 9.64 Å². The van der Waals surface area contributed by atoms with Crippen LogP contribution in [0.2, 0.25) is 0 Å². The molecule has 4 rings (SSSR count). The molecule has 1 fully saturated rings. The SMILES string of the molecule is COc1ccc2c(c1)[C@]1(CCN(C(=O)Cc3ccc(C)cc3)C1)C(=O)N2C. The van der Waals surface area contributed by atoms with Gasteiger partial charge in [-0.2, -0.15) is 0 Å². The van der Waals surface area contributed by atoms with Crippen LogP contribution in [0.15, 0.2) is 42.5 Å². The molecule has 0 saturated carbocycles. The van der Waals surface area contributed by atoms with Crippen molar-refractivity contribution in [1.82, 2.24) is 4.90 Å². The number of aryl methyl sites for hydroxylation is 1. The molecule has 0 radical (unpaired) electrons. The zero-order valence-corrected chi connectivity index (χ0v) is 16.0. The van der Waals surface area contributed by atoms with E-state index >= 15 is 0 Å². The summed E-state index contributed by atoms with van der Waals surface area (Å²) in [5, 5.41) is 0. The van der Waals surface area contributed by atoms with Crippen LogP contribution in [0, 0.1) is 6.92 Å². The number of anilines is 1. The van der Waals surface area contributed by atoms with Crippen molar-refractivity contribution in [2.45, 2.75) is 25.2 Å². The van der Waals surface area contributed by atoms with Gasteiger partial charge in [-0.25, -0.2) is 0 Å². The molecule has 2 aromatic carbocycles. The van der Waals surface area contributed by atoms with E-state index in [0.29, 0.717) is 25.9 Å². The first-order valence-electron chi connectivity index (χ1n) is 9.24. The fourth-order valence-electron chi connectivity index (χ4n) is 4.27. The minimum atomic E-state index is -0.651. The second-order valence-electron chi connectivity index (χ2n) is 7.56. The molecule has 2 heterocycles. The Morgan fingerprint density at radius 2 is 1.93 bits per heavy atom. The van der Waals surface area contributed by atoms with Gasteiger partial charge in [0.05, 0.1) is 18.9 Å². The van der Waals surface area contributed by atoms with E-state index < -0.39 is 5.41 Å². The highest BCUT2D eigenvalue weighted by Crippen LogP contribution is 2.48. The average Bonchev–Trinajstić information content (AvgIpc) is 3.21. The Hall–Kier alpha value is -2.82. The third-order valence-electron chi connectivity index (χ3n) is 5.89. The molecule has 0 unspecified atom stereocenters. The molecule has 1 atom stereocenters. The van der Waals surface area contributed by atoms with Crippen molar-refractivity contribution in [3.63, 3.8) is 0 Å². The molecule has 2 aliphatic heterocycles. The largest absolute Gasteiger partial charge is 0.497 e. The van der Waals surface area contributed by atoms with Gasteiger partial charge < -0.3 is 14.5 Å². The molecule has 0 aromatic heterocycles. The number of likely N-dealkylation sites (tertiary alicyclic amines) is 1. The Bertz CT molecular complexity index is 906. The third-order valence-corrected chi connectivity index (χ3v) is 5.89. The van der Waals surface area contributed by atoms with Crippen molar-refractivity contribution in [1.29, 1.82) is 0 Å². The summed E-state index contributed by atoms with van der Waals surface area (Å²) in [6, 6.07) is 13.8. The fourth-order valence-corrected chi connectivity index (χ4v) is 4.27. The van der Waals surface area contributed by atoms with Gasteiger partial charge in [0.1, 0.15) is 5.75 Å². The summed E-state index contributed by atoms with van der Waals surface area (Å²) in [6.07, 6.45) is 1.02. The van der Waals surface area contributed by atoms with Gasteiger partial charge in [0, 0.05) is 25.8 Å². The first-order valence-corrected chi connectivity index (χ1v) is 9.24. The normalized spacial score (nSPS) is 21.1. The van der Waals surface area contributed by atoms with Crippen LogP contribution in [0.1, 0.15) is 23.1 Å². The zero-order chi connectivity index (χ0) is 19.2. The van der Waals surface area contributed by atoms with Crippen LogP contribution in [0.3, 0.4) is 0 Å². The van der Waals surface area contributed by atoms with Crippen LogP contribution in [0.4, 0.5) is 5.69 Å². The number of methoxy groups -OCH3 is 1. The predicted octanol–water partition coefficient (Wildman–Crippen LogP) is 2.69. The van der Waals surface area contributed by atoms with E-state index in [0.717, 1.165) is 22.6 Å². The lowest BCUT2D eigenvalue weighted by Crippen LogP contribution is -2.42. The maximum absolute atomic E-state index is 13.1. The predicted molar refractivity (Wildman–Crippen MR) is 104 cm³/mol. The van der Waals surface area contributed by atoms with E-state index in [1.165, 1.54) is 5.56 Å². The van der Waals surface area contributed by atoms with E-state index in [4.69, 9.17) is 4.74 Å². The third kappa shape index (κ3) is 2.78. The Morgan fingerprint density at radius 1 is 1.19 bits per heavy atom. The van der Waals surface area contributed by atoms with E-state index in [2.05, 4.69) is 0 Å². The van der Waals surface area contributed by atoms with Crippen LogP contribution in [-0.2, 0) is 21.4 Å². The highest BCUT2D eigenvalue weighted by molar-refractivity contribution is 6.08. The Kier molecular flexibility index (Phi) is 4.17. The molecule has 2 aromatic rings. The number of likely N-dealkylation sites (N-methyl/N-ethyl adjacent to an activating group) is 1. The maximum Gasteiger partial charge on any atom is 0.239 e. The number of carbonyl (C=O) groups is 2. The second kappa shape index (κ2) is 6.41. The Balaban J connectivity index is 1.59. The second-order valence-corrected chi connectivity index (χ2v) is 7.56. The van der Waals surface area contributed by atoms with Crippen molar-refractivity contribution in [2.75, 3.05) is 32.1 Å². The summed E-state index contributed by atoms with van der Waals surface area (Å²) in [5.74, 6) is 0.875. The summed E-state index contributed by atoms with van der Waals surface area (Å²) in [6.45, 7) is 3.06. The van der Waals surface area contributed by atoms with Crippen molar-refractivity contribution >= 4 is 17.5 Å². The number of hydrogen-bond acceptors (Lipinski definition) is 3. The molecule has 140 valence electrons. The van der Waals surface area contributed by atoms with Gasteiger partial charge in [0.2, 0.25) is 11.8 Å². The van der Waals surface area contributed by atoms with Gasteiger partial charge in [-0.15, -0.1) is 0 Å². The first kappa shape index (κ1) is 17.6. The maximum atomic E-state index is 13.1. The van der Waals surface area contributed by atoms with Crippen molar-refractivity contribution in [3.05, 3.63) is 59.2 Å². The molecule has 0 bridgehead atoms. The minimum absolute atomic E-state index is 0.0661. The average molecular weight is 364 g/mol. The summed E-state index contributed by atoms with van der Waals surface area (Å²) in [5.41, 5.74) is 3.41. The van der Waals surface area contributed by atoms with Crippen LogP contribution in [0.25, 0.3) is 0 Å². The number of benzene rings is 2. The van der Waals surface area contributed by atoms with E-state index in [1.807, 2.05) is 54.3 Å². The standard InChI is InChI=1S/C22H24N2O3/c1-15-4-6-16(7-5-15)12-20(25)24-11-10-22(14-24)18-13-17(27-3)8-9-19(18)23(2)21(22)26/h4-9,13H,10-12,14H2,1-3H3/t22-/m1/s1. The van der Waals surface area contributed by atoms with Gasteiger partial charge in [-0.3, -0.25) is 9.59 Å². The number of carbonyl (C=O) groups excluding carboxylic acids is 2. The number of fused-ring (bicyclic) bond motifs is 2. The van der Waals surface area contributed by atoms with Gasteiger partial charge in [-0.05, 0) is 42.7 Å². The lowest BCUT2D eigenvalue weighted by Gasteiger charge is -2.23. The molecule has 1 spiro atoms. The van der Waals surface area contributed by atoms with E-state index in [9.17, 15) is 9.59 Å². The smallest absolute Gasteiger partial charge is 0.239 e. The number of hydrogen-bond donors (Lipinski definition) is 0. The Labute approximate surface area is 159 Å². The summed E-state index contributed by atoms with van der Waals surface area (Å²) >= 11 is 0. The van der Waals surface area contributed by atoms with Gasteiger partial charge in [0.15, 0.2) is 0 Å². The topological polar surface area (TPSA) is 49.9 Å². The van der Waals surface area contributed by atoms with Crippen LogP contribution in [0.5, 0.6) is 5.75 Å². The minimum Gasteiger partial charge on any atom is -0.497 e. The van der Waals surface area contributed by atoms with E-state index in [-0.39, 0.29) is 11.8 Å². The molecular formula is C22H24N2O3. The Morgan fingerprint density at radius 3 is 2.63 bits per heavy atom. The summed E-state index contributed by atoms with van der Waals surface area (Å²) in [7, 11) is 3.43.